The number of alkyl halides is 1. The number of nitrogens with zero attached hydrogens (tertiary/aromatic N) is 2. The van der Waals surface area contributed by atoms with Crippen LogP contribution < -0.4 is 0 Å². The Hall–Kier alpha value is -1.62. The van der Waals surface area contributed by atoms with Crippen molar-refractivity contribution in [2.24, 2.45) is 5.41 Å². The molecule has 0 spiro atoms. The molecule has 1 rings (SSSR count). The van der Waals surface area contributed by atoms with E-state index in [0.29, 0.717) is 6.54 Å². The van der Waals surface area contributed by atoms with E-state index in [1.54, 1.807) is 37.9 Å². The van der Waals surface area contributed by atoms with Crippen LogP contribution in [0.2, 0.25) is 0 Å². The molecule has 1 aromatic rings. The van der Waals surface area contributed by atoms with E-state index in [4.69, 9.17) is 11.6 Å². The van der Waals surface area contributed by atoms with Gasteiger partial charge >= 0.3 is 0 Å². The van der Waals surface area contributed by atoms with Crippen molar-refractivity contribution >= 4 is 23.2 Å². The molecular formula is C13H17ClN2O3. The highest BCUT2D eigenvalue weighted by Crippen LogP contribution is 2.21. The van der Waals surface area contributed by atoms with Gasteiger partial charge in [-0.15, -0.1) is 11.6 Å². The largest absolute Gasteiger partial charge is 0.341 e. The lowest BCUT2D eigenvalue weighted by Crippen LogP contribution is -2.39. The lowest BCUT2D eigenvalue weighted by Gasteiger charge is -2.27. The van der Waals surface area contributed by atoms with Crippen LogP contribution in [0.3, 0.4) is 0 Å². The molecule has 0 aromatic heterocycles. The van der Waals surface area contributed by atoms with Gasteiger partial charge in [0.25, 0.3) is 5.69 Å². The fourth-order valence-electron chi connectivity index (χ4n) is 1.64. The molecule has 6 heteroatoms. The van der Waals surface area contributed by atoms with Gasteiger partial charge < -0.3 is 4.90 Å². The smallest absolute Gasteiger partial charge is 0.269 e. The molecular weight excluding hydrogens is 268 g/mol. The molecule has 19 heavy (non-hydrogen) atoms. The van der Waals surface area contributed by atoms with E-state index in [1.807, 2.05) is 0 Å². The second kappa shape index (κ2) is 6.02. The summed E-state index contributed by atoms with van der Waals surface area (Å²) in [6.45, 7) is 3.97. The summed E-state index contributed by atoms with van der Waals surface area (Å²) in [6, 6.07) is 6.16. The first kappa shape index (κ1) is 15.4. The molecule has 1 amide bonds. The van der Waals surface area contributed by atoms with Gasteiger partial charge in [0, 0.05) is 31.6 Å². The topological polar surface area (TPSA) is 63.4 Å². The molecule has 1 aromatic carbocycles. The lowest BCUT2D eigenvalue weighted by atomic mass is 9.94. The summed E-state index contributed by atoms with van der Waals surface area (Å²) in [6.07, 6.45) is 0. The zero-order chi connectivity index (χ0) is 14.6. The molecule has 0 bridgehead atoms. The number of nitro groups is 1. The molecule has 0 saturated heterocycles. The summed E-state index contributed by atoms with van der Waals surface area (Å²) in [5.74, 6) is 0.192. The maximum Gasteiger partial charge on any atom is 0.269 e. The molecule has 0 heterocycles. The Morgan fingerprint density at radius 3 is 2.32 bits per heavy atom. The van der Waals surface area contributed by atoms with Gasteiger partial charge in [0.05, 0.1) is 10.3 Å². The van der Waals surface area contributed by atoms with Crippen molar-refractivity contribution in [2.45, 2.75) is 20.4 Å². The Morgan fingerprint density at radius 1 is 1.37 bits per heavy atom. The van der Waals surface area contributed by atoms with Crippen molar-refractivity contribution in [3.8, 4) is 0 Å². The molecule has 0 atom stereocenters. The fourth-order valence-corrected chi connectivity index (χ4v) is 1.76. The van der Waals surface area contributed by atoms with Crippen LogP contribution in [0.4, 0.5) is 5.69 Å². The quantitative estimate of drug-likeness (QED) is 0.474. The molecule has 0 N–H and O–H groups in total. The highest BCUT2D eigenvalue weighted by atomic mass is 35.5. The Morgan fingerprint density at radius 2 is 1.89 bits per heavy atom. The molecule has 104 valence electrons. The van der Waals surface area contributed by atoms with Gasteiger partial charge in [-0.1, -0.05) is 12.1 Å². The first-order valence-electron chi connectivity index (χ1n) is 5.83. The van der Waals surface area contributed by atoms with E-state index in [-0.39, 0.29) is 17.5 Å². The van der Waals surface area contributed by atoms with Gasteiger partial charge in [0.1, 0.15) is 0 Å². The van der Waals surface area contributed by atoms with Crippen LogP contribution in [-0.2, 0) is 11.3 Å². The van der Waals surface area contributed by atoms with E-state index in [9.17, 15) is 14.9 Å². The van der Waals surface area contributed by atoms with E-state index in [1.165, 1.54) is 12.1 Å². The second-order valence-corrected chi connectivity index (χ2v) is 5.37. The number of hydrogen-bond donors (Lipinski definition) is 0. The van der Waals surface area contributed by atoms with Gasteiger partial charge in [0.2, 0.25) is 5.91 Å². The molecule has 0 aliphatic heterocycles. The van der Waals surface area contributed by atoms with Crippen LogP contribution in [0.25, 0.3) is 0 Å². The molecule has 0 saturated carbocycles. The minimum Gasteiger partial charge on any atom is -0.341 e. The average Bonchev–Trinajstić information content (AvgIpc) is 2.38. The van der Waals surface area contributed by atoms with Gasteiger partial charge in [-0.2, -0.15) is 0 Å². The van der Waals surface area contributed by atoms with Crippen LogP contribution >= 0.6 is 11.6 Å². The highest BCUT2D eigenvalue weighted by molar-refractivity contribution is 6.19. The number of hydrogen-bond acceptors (Lipinski definition) is 3. The minimum atomic E-state index is -0.614. The van der Waals surface area contributed by atoms with Crippen molar-refractivity contribution in [1.29, 1.82) is 0 Å². The van der Waals surface area contributed by atoms with E-state index < -0.39 is 10.3 Å². The number of non-ortho nitro benzene ring substituents is 1. The molecule has 0 radical (unpaired) electrons. The van der Waals surface area contributed by atoms with Crippen LogP contribution in [0.15, 0.2) is 24.3 Å². The predicted octanol–water partition coefficient (Wildman–Crippen LogP) is 2.82. The van der Waals surface area contributed by atoms with Gasteiger partial charge in [0.15, 0.2) is 0 Å². The Kier molecular flexibility index (Phi) is 4.89. The summed E-state index contributed by atoms with van der Waals surface area (Å²) in [4.78, 5) is 23.8. The molecule has 0 aliphatic rings. The van der Waals surface area contributed by atoms with E-state index >= 15 is 0 Å². The standard InChI is InChI=1S/C13H17ClN2O3/c1-13(2,9-14)12(17)15(3)8-10-4-6-11(7-5-10)16(18)19/h4-7H,8-9H2,1-3H3. The monoisotopic (exact) mass is 284 g/mol. The van der Waals surface area contributed by atoms with Crippen molar-refractivity contribution in [1.82, 2.24) is 4.90 Å². The number of nitro benzene ring substituents is 1. The highest BCUT2D eigenvalue weighted by Gasteiger charge is 2.29. The van der Waals surface area contributed by atoms with Crippen molar-refractivity contribution in [3.63, 3.8) is 0 Å². The first-order chi connectivity index (χ1) is 8.77. The van der Waals surface area contributed by atoms with Gasteiger partial charge in [-0.3, -0.25) is 14.9 Å². The third-order valence-corrected chi connectivity index (χ3v) is 3.49. The summed E-state index contributed by atoms with van der Waals surface area (Å²) in [7, 11) is 1.69. The minimum absolute atomic E-state index is 0.0406. The molecule has 0 unspecified atom stereocenters. The van der Waals surface area contributed by atoms with Crippen LogP contribution in [-0.4, -0.2) is 28.7 Å². The fraction of sp³-hybridized carbons (Fsp3) is 0.462. The first-order valence-corrected chi connectivity index (χ1v) is 6.36. The number of benzene rings is 1. The van der Waals surface area contributed by atoms with Crippen molar-refractivity contribution in [3.05, 3.63) is 39.9 Å². The number of halogens is 1. The second-order valence-electron chi connectivity index (χ2n) is 5.10. The average molecular weight is 285 g/mol. The number of rotatable bonds is 5. The Labute approximate surface area is 117 Å². The summed E-state index contributed by atoms with van der Waals surface area (Å²) in [5, 5.41) is 10.5. The third kappa shape index (κ3) is 3.92. The Balaban J connectivity index is 2.74. The third-order valence-electron chi connectivity index (χ3n) is 2.83. The molecule has 0 aliphatic carbocycles. The maximum absolute atomic E-state index is 12.1. The zero-order valence-electron chi connectivity index (χ0n) is 11.2. The van der Waals surface area contributed by atoms with Gasteiger partial charge in [-0.05, 0) is 19.4 Å². The molecule has 5 nitrogen and oxygen atoms in total. The Bertz CT molecular complexity index is 471. The maximum atomic E-state index is 12.1. The van der Waals surface area contributed by atoms with Crippen molar-refractivity contribution in [2.75, 3.05) is 12.9 Å². The number of amides is 1. The molecule has 0 fully saturated rings. The van der Waals surface area contributed by atoms with Crippen LogP contribution in [0.5, 0.6) is 0 Å². The number of carbonyl (C=O) groups excluding carboxylic acids is 1. The summed E-state index contributed by atoms with van der Waals surface area (Å²) in [5.41, 5.74) is 0.266. The van der Waals surface area contributed by atoms with Gasteiger partial charge in [-0.25, -0.2) is 0 Å². The predicted molar refractivity (Wildman–Crippen MR) is 74.1 cm³/mol. The lowest BCUT2D eigenvalue weighted by molar-refractivity contribution is -0.384. The van der Waals surface area contributed by atoms with E-state index in [2.05, 4.69) is 0 Å². The van der Waals surface area contributed by atoms with Crippen molar-refractivity contribution < 1.29 is 9.72 Å². The number of carbonyl (C=O) groups is 1. The van der Waals surface area contributed by atoms with Crippen LogP contribution in [0.1, 0.15) is 19.4 Å². The summed E-state index contributed by atoms with van der Waals surface area (Å²) < 4.78 is 0. The summed E-state index contributed by atoms with van der Waals surface area (Å²) >= 11 is 5.77. The SMILES string of the molecule is CN(Cc1ccc([N+](=O)[O-])cc1)C(=O)C(C)(C)CCl. The van der Waals surface area contributed by atoms with E-state index in [0.717, 1.165) is 5.56 Å². The normalized spacial score (nSPS) is 11.2. The zero-order valence-corrected chi connectivity index (χ0v) is 12.0. The van der Waals surface area contributed by atoms with Crippen LogP contribution in [0, 0.1) is 15.5 Å².